The van der Waals surface area contributed by atoms with Gasteiger partial charge in [0.15, 0.2) is 5.78 Å². The van der Waals surface area contributed by atoms with Crippen molar-refractivity contribution in [3.05, 3.63) is 35.4 Å². The fourth-order valence-electron chi connectivity index (χ4n) is 3.37. The average Bonchev–Trinajstić information content (AvgIpc) is 2.61. The van der Waals surface area contributed by atoms with E-state index in [9.17, 15) is 30.3 Å². The number of hydrogen-bond acceptors (Lipinski definition) is 8. The minimum Gasteiger partial charge on any atom is -0.507 e. The highest BCUT2D eigenvalue weighted by atomic mass is 16.7. The molecule has 0 aliphatic carbocycles. The number of benzene rings is 2. The molecule has 5 atom stereocenters. The molecule has 146 valence electrons. The Morgan fingerprint density at radius 1 is 1.19 bits per heavy atom. The molecule has 0 spiro atoms. The molecule has 27 heavy (non-hydrogen) atoms. The molecule has 0 bridgehead atoms. The summed E-state index contributed by atoms with van der Waals surface area (Å²) in [7, 11) is 0. The van der Waals surface area contributed by atoms with E-state index in [1.54, 1.807) is 25.1 Å². The van der Waals surface area contributed by atoms with Crippen LogP contribution < -0.4 is 4.74 Å². The van der Waals surface area contributed by atoms with Gasteiger partial charge in [-0.3, -0.25) is 4.79 Å². The van der Waals surface area contributed by atoms with Crippen LogP contribution in [0.3, 0.4) is 0 Å². The molecule has 1 aliphatic rings. The molecule has 0 unspecified atom stereocenters. The van der Waals surface area contributed by atoms with Gasteiger partial charge in [0, 0.05) is 0 Å². The highest BCUT2D eigenvalue weighted by molar-refractivity contribution is 6.07. The Kier molecular flexibility index (Phi) is 5.36. The second kappa shape index (κ2) is 7.41. The Balaban J connectivity index is 2.13. The first kappa shape index (κ1) is 19.5. The summed E-state index contributed by atoms with van der Waals surface area (Å²) in [6.45, 7) is 2.44. The standard InChI is InChI=1S/C19H22O8/c1-8-6-10-4-3-5-11(22)14(10)18(13(8)9(2)21)27-19-17(25)16(24)15(23)12(7-20)26-19/h3-6,12,15-17,19-20,22-25H,7H2,1-2H3/t12-,15-,16+,17-,19+/m1/s1. The van der Waals surface area contributed by atoms with Crippen LogP contribution >= 0.6 is 0 Å². The maximum absolute atomic E-state index is 12.2. The van der Waals surface area contributed by atoms with Gasteiger partial charge in [-0.15, -0.1) is 0 Å². The van der Waals surface area contributed by atoms with Gasteiger partial charge in [0.25, 0.3) is 0 Å². The van der Waals surface area contributed by atoms with E-state index in [0.29, 0.717) is 10.9 Å². The lowest BCUT2D eigenvalue weighted by molar-refractivity contribution is -0.277. The number of rotatable bonds is 4. The zero-order valence-corrected chi connectivity index (χ0v) is 14.9. The summed E-state index contributed by atoms with van der Waals surface area (Å²) in [5.74, 6) is -0.452. The van der Waals surface area contributed by atoms with E-state index < -0.39 is 37.3 Å². The summed E-state index contributed by atoms with van der Waals surface area (Å²) in [5.41, 5.74) is 0.793. The number of hydrogen-bond donors (Lipinski definition) is 5. The predicted molar refractivity (Wildman–Crippen MR) is 94.7 cm³/mol. The summed E-state index contributed by atoms with van der Waals surface area (Å²) >= 11 is 0. The topological polar surface area (TPSA) is 137 Å². The Labute approximate surface area is 155 Å². The van der Waals surface area contributed by atoms with Crippen molar-refractivity contribution >= 4 is 16.6 Å². The summed E-state index contributed by atoms with van der Waals surface area (Å²) < 4.78 is 11.1. The first-order valence-electron chi connectivity index (χ1n) is 8.49. The highest BCUT2D eigenvalue weighted by Gasteiger charge is 2.45. The molecular weight excluding hydrogens is 356 g/mol. The summed E-state index contributed by atoms with van der Waals surface area (Å²) in [4.78, 5) is 12.2. The van der Waals surface area contributed by atoms with Crippen LogP contribution in [-0.4, -0.2) is 68.6 Å². The van der Waals surface area contributed by atoms with Crippen LogP contribution in [0, 0.1) is 6.92 Å². The van der Waals surface area contributed by atoms with E-state index in [-0.39, 0.29) is 28.2 Å². The van der Waals surface area contributed by atoms with Gasteiger partial charge in [-0.2, -0.15) is 0 Å². The van der Waals surface area contributed by atoms with E-state index in [0.717, 1.165) is 0 Å². The van der Waals surface area contributed by atoms with Gasteiger partial charge < -0.3 is 35.0 Å². The second-order valence-electron chi connectivity index (χ2n) is 6.64. The first-order valence-corrected chi connectivity index (χ1v) is 8.49. The van der Waals surface area contributed by atoms with Gasteiger partial charge in [0.05, 0.1) is 17.6 Å². The Bertz CT molecular complexity index is 862. The van der Waals surface area contributed by atoms with Crippen molar-refractivity contribution in [3.8, 4) is 11.5 Å². The number of aliphatic hydroxyl groups is 4. The minimum absolute atomic E-state index is 0.0000652. The fourth-order valence-corrected chi connectivity index (χ4v) is 3.37. The Morgan fingerprint density at radius 3 is 2.52 bits per heavy atom. The van der Waals surface area contributed by atoms with Crippen LogP contribution in [0.2, 0.25) is 0 Å². The van der Waals surface area contributed by atoms with Crippen LogP contribution in [0.15, 0.2) is 24.3 Å². The van der Waals surface area contributed by atoms with Crippen molar-refractivity contribution < 1.29 is 39.8 Å². The molecule has 0 aromatic heterocycles. The Hall–Kier alpha value is -2.23. The molecule has 1 saturated heterocycles. The molecular formula is C19H22O8. The lowest BCUT2D eigenvalue weighted by atomic mass is 9.96. The number of aryl methyl sites for hydroxylation is 1. The zero-order valence-electron chi connectivity index (χ0n) is 14.9. The maximum atomic E-state index is 12.2. The minimum atomic E-state index is -1.64. The molecule has 0 radical (unpaired) electrons. The summed E-state index contributed by atoms with van der Waals surface area (Å²) in [5, 5.41) is 50.6. The zero-order chi connectivity index (χ0) is 19.9. The molecule has 8 heteroatoms. The van der Waals surface area contributed by atoms with E-state index in [1.807, 2.05) is 0 Å². The number of phenolic OH excluding ortho intramolecular Hbond substituents is 1. The molecule has 1 aliphatic heterocycles. The number of aromatic hydroxyl groups is 1. The number of fused-ring (bicyclic) bond motifs is 1. The molecule has 1 heterocycles. The number of carbonyl (C=O) groups is 1. The quantitative estimate of drug-likeness (QED) is 0.477. The van der Waals surface area contributed by atoms with Gasteiger partial charge in [0.2, 0.25) is 6.29 Å². The van der Waals surface area contributed by atoms with Crippen LogP contribution in [0.25, 0.3) is 10.8 Å². The van der Waals surface area contributed by atoms with Crippen molar-refractivity contribution in [2.45, 2.75) is 44.6 Å². The van der Waals surface area contributed by atoms with Crippen LogP contribution in [0.5, 0.6) is 11.5 Å². The second-order valence-corrected chi connectivity index (χ2v) is 6.64. The molecule has 2 aromatic rings. The average molecular weight is 378 g/mol. The third-order valence-corrected chi connectivity index (χ3v) is 4.73. The van der Waals surface area contributed by atoms with E-state index >= 15 is 0 Å². The molecule has 5 N–H and O–H groups in total. The fraction of sp³-hybridized carbons (Fsp3) is 0.421. The smallest absolute Gasteiger partial charge is 0.229 e. The van der Waals surface area contributed by atoms with E-state index in [4.69, 9.17) is 9.47 Å². The molecule has 2 aromatic carbocycles. The molecule has 8 nitrogen and oxygen atoms in total. The monoisotopic (exact) mass is 378 g/mol. The van der Waals surface area contributed by atoms with Crippen LogP contribution in [0.4, 0.5) is 0 Å². The number of aliphatic hydroxyl groups excluding tert-OH is 4. The molecule has 0 saturated carbocycles. The van der Waals surface area contributed by atoms with Crippen LogP contribution in [0.1, 0.15) is 22.8 Å². The number of ketones is 1. The van der Waals surface area contributed by atoms with Crippen molar-refractivity contribution in [2.24, 2.45) is 0 Å². The SMILES string of the molecule is CC(=O)c1c(C)cc2cccc(O)c2c1O[C@@H]1O[C@H](CO)[C@@H](O)[C@H](O)[C@H]1O. The van der Waals surface area contributed by atoms with Gasteiger partial charge >= 0.3 is 0 Å². The molecule has 3 rings (SSSR count). The Morgan fingerprint density at radius 2 is 1.89 bits per heavy atom. The third kappa shape index (κ3) is 3.38. The van der Waals surface area contributed by atoms with E-state index in [2.05, 4.69) is 0 Å². The third-order valence-electron chi connectivity index (χ3n) is 4.73. The molecule has 0 amide bonds. The number of phenols is 1. The number of ether oxygens (including phenoxy) is 2. The van der Waals surface area contributed by atoms with Crippen molar-refractivity contribution in [1.82, 2.24) is 0 Å². The van der Waals surface area contributed by atoms with Gasteiger partial charge in [0.1, 0.15) is 35.9 Å². The maximum Gasteiger partial charge on any atom is 0.229 e. The van der Waals surface area contributed by atoms with E-state index in [1.165, 1.54) is 13.0 Å². The normalized spacial score (nSPS) is 28.3. The largest absolute Gasteiger partial charge is 0.507 e. The van der Waals surface area contributed by atoms with Crippen LogP contribution in [-0.2, 0) is 4.74 Å². The van der Waals surface area contributed by atoms with Gasteiger partial charge in [-0.1, -0.05) is 18.2 Å². The summed E-state index contributed by atoms with van der Waals surface area (Å²) in [6.07, 6.45) is -7.41. The highest BCUT2D eigenvalue weighted by Crippen LogP contribution is 2.40. The lowest BCUT2D eigenvalue weighted by Gasteiger charge is -2.39. The number of Topliss-reactive ketones (excluding diaryl/α,β-unsaturated/α-hetero) is 1. The predicted octanol–water partition coefficient (Wildman–Crippen LogP) is 0.235. The molecule has 1 fully saturated rings. The first-order chi connectivity index (χ1) is 12.8. The summed E-state index contributed by atoms with van der Waals surface area (Å²) in [6, 6.07) is 6.53. The van der Waals surface area contributed by atoms with Gasteiger partial charge in [-0.05, 0) is 30.9 Å². The van der Waals surface area contributed by atoms with Crippen molar-refractivity contribution in [3.63, 3.8) is 0 Å². The van der Waals surface area contributed by atoms with Gasteiger partial charge in [-0.25, -0.2) is 0 Å². The van der Waals surface area contributed by atoms with Crippen molar-refractivity contribution in [2.75, 3.05) is 6.61 Å². The number of carbonyl (C=O) groups excluding carboxylic acids is 1. The van der Waals surface area contributed by atoms with Crippen molar-refractivity contribution in [1.29, 1.82) is 0 Å². The lowest BCUT2D eigenvalue weighted by Crippen LogP contribution is -2.60.